The summed E-state index contributed by atoms with van der Waals surface area (Å²) in [5.74, 6) is 0. The van der Waals surface area contributed by atoms with E-state index in [1.807, 2.05) is 12.3 Å². The maximum Gasteiger partial charge on any atom is 0.0729 e. The third-order valence-corrected chi connectivity index (χ3v) is 6.03. The lowest BCUT2D eigenvalue weighted by Crippen LogP contribution is -2.46. The topological polar surface area (TPSA) is 55.2 Å². The SMILES string of the molecule is N#CCCN1CCN(c2ccc(Nc3ccnc4cc5ccccc5cc34)cc2)CC1. The number of pyridine rings is 1. The van der Waals surface area contributed by atoms with Gasteiger partial charge in [0, 0.05) is 67.8 Å². The molecule has 0 amide bonds. The average molecular weight is 408 g/mol. The molecule has 0 spiro atoms. The van der Waals surface area contributed by atoms with Crippen molar-refractivity contribution in [2.24, 2.45) is 0 Å². The number of aromatic nitrogens is 1. The standard InChI is InChI=1S/C26H25N5/c27-11-3-13-30-14-16-31(17-15-30)23-8-6-22(7-9-23)29-25-10-12-28-26-19-21-5-2-1-4-20(21)18-24(25)26/h1-2,4-10,12,18-19H,3,13-17H2,(H,28,29). The van der Waals surface area contributed by atoms with Gasteiger partial charge in [0.05, 0.1) is 11.6 Å². The Morgan fingerprint density at radius 1 is 0.903 bits per heavy atom. The van der Waals surface area contributed by atoms with Gasteiger partial charge in [-0.3, -0.25) is 9.88 Å². The number of nitrogens with one attached hydrogen (secondary N) is 1. The number of nitrogens with zero attached hydrogens (tertiary/aromatic N) is 4. The van der Waals surface area contributed by atoms with Crippen molar-refractivity contribution >= 4 is 38.7 Å². The van der Waals surface area contributed by atoms with E-state index in [9.17, 15) is 0 Å². The summed E-state index contributed by atoms with van der Waals surface area (Å²) >= 11 is 0. The first kappa shape index (κ1) is 19.3. The highest BCUT2D eigenvalue weighted by Gasteiger charge is 2.16. The normalized spacial score (nSPS) is 14.6. The molecule has 1 aliphatic rings. The smallest absolute Gasteiger partial charge is 0.0729 e. The zero-order valence-electron chi connectivity index (χ0n) is 17.5. The Labute approximate surface area is 182 Å². The summed E-state index contributed by atoms with van der Waals surface area (Å²) in [5.41, 5.74) is 4.37. The van der Waals surface area contributed by atoms with Crippen LogP contribution in [0.5, 0.6) is 0 Å². The fourth-order valence-corrected chi connectivity index (χ4v) is 4.29. The largest absolute Gasteiger partial charge is 0.369 e. The molecule has 0 saturated carbocycles. The van der Waals surface area contributed by atoms with E-state index in [1.54, 1.807) is 0 Å². The Morgan fingerprint density at radius 3 is 2.39 bits per heavy atom. The van der Waals surface area contributed by atoms with Crippen LogP contribution in [0.3, 0.4) is 0 Å². The van der Waals surface area contributed by atoms with Crippen molar-refractivity contribution in [3.8, 4) is 6.07 Å². The minimum Gasteiger partial charge on any atom is -0.369 e. The van der Waals surface area contributed by atoms with Gasteiger partial charge in [0.15, 0.2) is 0 Å². The quantitative estimate of drug-likeness (QED) is 0.463. The Hall–Kier alpha value is -3.62. The van der Waals surface area contributed by atoms with Gasteiger partial charge in [-0.2, -0.15) is 5.26 Å². The molecule has 31 heavy (non-hydrogen) atoms. The molecule has 0 unspecified atom stereocenters. The second-order valence-electron chi connectivity index (χ2n) is 7.98. The van der Waals surface area contributed by atoms with E-state index in [4.69, 9.17) is 5.26 Å². The minimum absolute atomic E-state index is 0.611. The minimum atomic E-state index is 0.611. The molecule has 0 bridgehead atoms. The van der Waals surface area contributed by atoms with Gasteiger partial charge in [0.25, 0.3) is 0 Å². The van der Waals surface area contributed by atoms with Crippen molar-refractivity contribution in [1.82, 2.24) is 9.88 Å². The molecule has 1 aromatic heterocycles. The van der Waals surface area contributed by atoms with Crippen LogP contribution in [-0.2, 0) is 0 Å². The van der Waals surface area contributed by atoms with Gasteiger partial charge in [0.1, 0.15) is 0 Å². The van der Waals surface area contributed by atoms with Gasteiger partial charge in [-0.15, -0.1) is 0 Å². The highest BCUT2D eigenvalue weighted by Crippen LogP contribution is 2.30. The van der Waals surface area contributed by atoms with Gasteiger partial charge in [-0.1, -0.05) is 24.3 Å². The molecule has 154 valence electrons. The van der Waals surface area contributed by atoms with Crippen LogP contribution in [-0.4, -0.2) is 42.6 Å². The highest BCUT2D eigenvalue weighted by molar-refractivity contribution is 6.02. The first-order valence-electron chi connectivity index (χ1n) is 10.8. The fourth-order valence-electron chi connectivity index (χ4n) is 4.29. The van der Waals surface area contributed by atoms with Crippen LogP contribution < -0.4 is 10.2 Å². The Morgan fingerprint density at radius 2 is 1.65 bits per heavy atom. The maximum atomic E-state index is 8.77. The van der Waals surface area contributed by atoms with Crippen molar-refractivity contribution in [2.75, 3.05) is 42.9 Å². The molecule has 3 aromatic carbocycles. The number of hydrogen-bond donors (Lipinski definition) is 1. The molecule has 1 saturated heterocycles. The monoisotopic (exact) mass is 407 g/mol. The fraction of sp³-hybridized carbons (Fsp3) is 0.231. The number of piperazine rings is 1. The van der Waals surface area contributed by atoms with Crippen LogP contribution in [0.25, 0.3) is 21.7 Å². The van der Waals surface area contributed by atoms with E-state index >= 15 is 0 Å². The second kappa shape index (κ2) is 8.63. The van der Waals surface area contributed by atoms with E-state index in [-0.39, 0.29) is 0 Å². The number of nitriles is 1. The molecular weight excluding hydrogens is 382 g/mol. The van der Waals surface area contributed by atoms with E-state index in [2.05, 4.69) is 86.8 Å². The molecule has 0 radical (unpaired) electrons. The molecule has 5 nitrogen and oxygen atoms in total. The first-order valence-corrected chi connectivity index (χ1v) is 10.8. The second-order valence-corrected chi connectivity index (χ2v) is 7.98. The van der Waals surface area contributed by atoms with Crippen LogP contribution in [0, 0.1) is 11.3 Å². The van der Waals surface area contributed by atoms with Crippen LogP contribution >= 0.6 is 0 Å². The third kappa shape index (κ3) is 4.16. The van der Waals surface area contributed by atoms with Crippen LogP contribution in [0.1, 0.15) is 6.42 Å². The van der Waals surface area contributed by atoms with Crippen molar-refractivity contribution in [3.05, 3.63) is 72.9 Å². The zero-order chi connectivity index (χ0) is 21.0. The van der Waals surface area contributed by atoms with Crippen molar-refractivity contribution in [3.63, 3.8) is 0 Å². The molecule has 5 heteroatoms. The van der Waals surface area contributed by atoms with E-state index in [1.165, 1.54) is 16.5 Å². The van der Waals surface area contributed by atoms with Crippen LogP contribution in [0.2, 0.25) is 0 Å². The lowest BCUT2D eigenvalue weighted by molar-refractivity contribution is 0.263. The van der Waals surface area contributed by atoms with Crippen molar-refractivity contribution < 1.29 is 0 Å². The van der Waals surface area contributed by atoms with Crippen LogP contribution in [0.4, 0.5) is 17.1 Å². The van der Waals surface area contributed by atoms with Gasteiger partial charge >= 0.3 is 0 Å². The Kier molecular flexibility index (Phi) is 5.39. The Balaban J connectivity index is 1.32. The predicted molar refractivity (Wildman–Crippen MR) is 128 cm³/mol. The Bertz CT molecular complexity index is 1230. The summed E-state index contributed by atoms with van der Waals surface area (Å²) in [5, 5.41) is 15.9. The summed E-state index contributed by atoms with van der Waals surface area (Å²) in [7, 11) is 0. The molecule has 2 heterocycles. The van der Waals surface area contributed by atoms with Crippen LogP contribution in [0.15, 0.2) is 72.9 Å². The van der Waals surface area contributed by atoms with Gasteiger partial charge < -0.3 is 10.2 Å². The molecule has 1 fully saturated rings. The first-order chi connectivity index (χ1) is 15.3. The third-order valence-electron chi connectivity index (χ3n) is 6.03. The zero-order valence-corrected chi connectivity index (χ0v) is 17.5. The number of fused-ring (bicyclic) bond motifs is 2. The molecule has 0 atom stereocenters. The lowest BCUT2D eigenvalue weighted by atomic mass is 10.1. The van der Waals surface area contributed by atoms with Gasteiger partial charge in [0.2, 0.25) is 0 Å². The van der Waals surface area contributed by atoms with Crippen molar-refractivity contribution in [2.45, 2.75) is 6.42 Å². The van der Waals surface area contributed by atoms with E-state index < -0.39 is 0 Å². The molecule has 1 N–H and O–H groups in total. The predicted octanol–water partition coefficient (Wildman–Crippen LogP) is 5.17. The average Bonchev–Trinajstić information content (AvgIpc) is 2.83. The lowest BCUT2D eigenvalue weighted by Gasteiger charge is -2.35. The summed E-state index contributed by atoms with van der Waals surface area (Å²) in [6, 6.07) is 25.7. The van der Waals surface area contributed by atoms with E-state index in [0.29, 0.717) is 6.42 Å². The maximum absolute atomic E-state index is 8.77. The number of anilines is 3. The van der Waals surface area contributed by atoms with Gasteiger partial charge in [-0.05, 0) is 53.2 Å². The molecule has 4 aromatic rings. The summed E-state index contributed by atoms with van der Waals surface area (Å²) in [4.78, 5) is 9.35. The molecule has 0 aliphatic carbocycles. The summed E-state index contributed by atoms with van der Waals surface area (Å²) in [6.45, 7) is 4.90. The van der Waals surface area contributed by atoms with Gasteiger partial charge in [-0.25, -0.2) is 0 Å². The summed E-state index contributed by atoms with van der Waals surface area (Å²) in [6.07, 6.45) is 2.47. The molecule has 1 aliphatic heterocycles. The number of rotatable bonds is 5. The molecular formula is C26H25N5. The summed E-state index contributed by atoms with van der Waals surface area (Å²) < 4.78 is 0. The molecule has 5 rings (SSSR count). The highest BCUT2D eigenvalue weighted by atomic mass is 15.3. The van der Waals surface area contributed by atoms with E-state index in [0.717, 1.165) is 55.0 Å². The number of hydrogen-bond acceptors (Lipinski definition) is 5. The van der Waals surface area contributed by atoms with Crippen molar-refractivity contribution in [1.29, 1.82) is 5.26 Å². The number of benzene rings is 3.